The van der Waals surface area contributed by atoms with Crippen LogP contribution in [0.5, 0.6) is 0 Å². The minimum Gasteiger partial charge on any atom is -0.511 e. The first-order chi connectivity index (χ1) is 17.8. The Morgan fingerprint density at radius 2 is 1.62 bits per heavy atom. The molecule has 0 bridgehead atoms. The number of carbonyl (C=O) groups is 2. The summed E-state index contributed by atoms with van der Waals surface area (Å²) in [5.41, 5.74) is 1.72. The van der Waals surface area contributed by atoms with Gasteiger partial charge in [-0.05, 0) is 48.1 Å². The summed E-state index contributed by atoms with van der Waals surface area (Å²) in [6.07, 6.45) is 1.38. The Hall–Kier alpha value is -3.51. The number of amides is 1. The fourth-order valence-electron chi connectivity index (χ4n) is 4.66. The summed E-state index contributed by atoms with van der Waals surface area (Å²) in [4.78, 5) is 29.0. The summed E-state index contributed by atoms with van der Waals surface area (Å²) in [5.74, 6) is -0.251. The molecule has 1 amide bonds. The highest BCUT2D eigenvalue weighted by Gasteiger charge is 2.43. The fourth-order valence-corrected chi connectivity index (χ4v) is 5.77. The zero-order chi connectivity index (χ0) is 26.4. The van der Waals surface area contributed by atoms with Crippen LogP contribution in [0.3, 0.4) is 0 Å². The highest BCUT2D eigenvalue weighted by atomic mass is 32.2. The molecule has 192 valence electrons. The first-order valence-corrected chi connectivity index (χ1v) is 13.4. The van der Waals surface area contributed by atoms with Crippen molar-refractivity contribution in [2.75, 3.05) is 11.9 Å². The van der Waals surface area contributed by atoms with Gasteiger partial charge < -0.3 is 14.7 Å². The number of carbonyl (C=O) groups excluding carboxylic acids is 2. The number of thioether (sulfide) groups is 1. The molecule has 37 heavy (non-hydrogen) atoms. The van der Waals surface area contributed by atoms with Crippen LogP contribution in [0.4, 0.5) is 5.69 Å². The van der Waals surface area contributed by atoms with E-state index in [2.05, 4.69) is 13.8 Å². The molecular formula is C31H33NO4S. The number of aliphatic hydroxyl groups excluding tert-OH is 1. The van der Waals surface area contributed by atoms with Crippen LogP contribution in [0.25, 0.3) is 0 Å². The molecule has 1 unspecified atom stereocenters. The summed E-state index contributed by atoms with van der Waals surface area (Å²) >= 11 is 1.26. The molecule has 0 saturated heterocycles. The number of esters is 1. The van der Waals surface area contributed by atoms with Gasteiger partial charge in [0.05, 0.1) is 6.42 Å². The Balaban J connectivity index is 1.55. The highest BCUT2D eigenvalue weighted by Crippen LogP contribution is 2.46. The van der Waals surface area contributed by atoms with Gasteiger partial charge in [-0.15, -0.1) is 0 Å². The summed E-state index contributed by atoms with van der Waals surface area (Å²) in [6, 6.07) is 26.9. The van der Waals surface area contributed by atoms with Gasteiger partial charge in [0.15, 0.2) is 0 Å². The van der Waals surface area contributed by atoms with Crippen LogP contribution in [-0.2, 0) is 19.9 Å². The maximum atomic E-state index is 13.3. The Morgan fingerprint density at radius 3 is 2.27 bits per heavy atom. The van der Waals surface area contributed by atoms with Crippen LogP contribution in [0.1, 0.15) is 56.6 Å². The van der Waals surface area contributed by atoms with Crippen molar-refractivity contribution in [1.82, 2.24) is 0 Å². The van der Waals surface area contributed by atoms with Gasteiger partial charge in [-0.1, -0.05) is 92.3 Å². The number of benzene rings is 3. The van der Waals surface area contributed by atoms with E-state index in [1.807, 2.05) is 84.9 Å². The van der Waals surface area contributed by atoms with Gasteiger partial charge in [0.2, 0.25) is 5.91 Å². The average molecular weight is 516 g/mol. The molecule has 0 spiro atoms. The fraction of sp³-hybridized carbons (Fsp3) is 0.290. The first kappa shape index (κ1) is 26.6. The summed E-state index contributed by atoms with van der Waals surface area (Å²) in [5, 5.41) is 11.2. The number of hydrogen-bond donors (Lipinski definition) is 1. The van der Waals surface area contributed by atoms with E-state index >= 15 is 0 Å². The SMILES string of the molecule is CC(C)c1ccccc1SC1=C(O)CC(CCCC(=O)N(C)c2ccccc2)(c2ccccc2)OC1=O. The standard InChI is InChI=1S/C31H33NO4S/c1-22(2)25-17-10-11-18-27(25)37-29-26(33)21-31(36-30(29)35,23-13-6-4-7-14-23)20-12-19-28(34)32(3)24-15-8-5-9-16-24/h4-11,13-18,22,33H,12,19-21H2,1-3H3. The van der Waals surface area contributed by atoms with Crippen LogP contribution in [0.2, 0.25) is 0 Å². The molecule has 1 atom stereocenters. The van der Waals surface area contributed by atoms with E-state index in [1.165, 1.54) is 11.8 Å². The molecule has 3 aromatic carbocycles. The van der Waals surface area contributed by atoms with Gasteiger partial charge in [-0.3, -0.25) is 4.79 Å². The van der Waals surface area contributed by atoms with E-state index < -0.39 is 11.6 Å². The van der Waals surface area contributed by atoms with Crippen molar-refractivity contribution in [3.8, 4) is 0 Å². The predicted octanol–water partition coefficient (Wildman–Crippen LogP) is 7.35. The minimum absolute atomic E-state index is 0.0159. The zero-order valence-corrected chi connectivity index (χ0v) is 22.3. The van der Waals surface area contributed by atoms with Crippen molar-refractivity contribution in [3.05, 3.63) is 107 Å². The van der Waals surface area contributed by atoms with Crippen molar-refractivity contribution >= 4 is 29.3 Å². The van der Waals surface area contributed by atoms with Gasteiger partial charge in [-0.2, -0.15) is 0 Å². The van der Waals surface area contributed by atoms with Gasteiger partial charge in [0.25, 0.3) is 0 Å². The monoisotopic (exact) mass is 515 g/mol. The second-order valence-corrected chi connectivity index (χ2v) is 10.7. The van der Waals surface area contributed by atoms with Gasteiger partial charge >= 0.3 is 5.97 Å². The predicted molar refractivity (Wildman–Crippen MR) is 149 cm³/mol. The van der Waals surface area contributed by atoms with Gasteiger partial charge in [0.1, 0.15) is 16.3 Å². The number of cyclic esters (lactones) is 1. The van der Waals surface area contributed by atoms with Crippen LogP contribution in [0, 0.1) is 0 Å². The highest BCUT2D eigenvalue weighted by molar-refractivity contribution is 8.04. The lowest BCUT2D eigenvalue weighted by Crippen LogP contribution is -2.38. The lowest BCUT2D eigenvalue weighted by molar-refractivity contribution is -0.160. The Labute approximate surface area is 223 Å². The first-order valence-electron chi connectivity index (χ1n) is 12.6. The van der Waals surface area contributed by atoms with Crippen LogP contribution in [0.15, 0.2) is 100 Å². The third-order valence-corrected chi connectivity index (χ3v) is 7.93. The number of rotatable bonds is 9. The molecule has 4 rings (SSSR count). The molecule has 0 saturated carbocycles. The van der Waals surface area contributed by atoms with E-state index in [9.17, 15) is 14.7 Å². The number of aliphatic hydroxyl groups is 1. The zero-order valence-electron chi connectivity index (χ0n) is 21.5. The molecule has 1 heterocycles. The quantitative estimate of drug-likeness (QED) is 0.302. The maximum absolute atomic E-state index is 13.3. The Morgan fingerprint density at radius 1 is 1.00 bits per heavy atom. The summed E-state index contributed by atoms with van der Waals surface area (Å²) < 4.78 is 6.14. The molecule has 0 aromatic heterocycles. The van der Waals surface area contributed by atoms with E-state index in [-0.39, 0.29) is 28.9 Å². The van der Waals surface area contributed by atoms with E-state index in [0.717, 1.165) is 21.7 Å². The summed E-state index contributed by atoms with van der Waals surface area (Å²) in [6.45, 7) is 4.20. The molecule has 0 radical (unpaired) electrons. The van der Waals surface area contributed by atoms with Gasteiger partial charge in [-0.25, -0.2) is 4.79 Å². The van der Waals surface area contributed by atoms with E-state index in [1.54, 1.807) is 11.9 Å². The average Bonchev–Trinajstić information content (AvgIpc) is 2.91. The molecule has 3 aromatic rings. The number of nitrogens with zero attached hydrogens (tertiary/aromatic N) is 1. The number of ether oxygens (including phenoxy) is 1. The van der Waals surface area contributed by atoms with Crippen molar-refractivity contribution in [2.24, 2.45) is 0 Å². The van der Waals surface area contributed by atoms with Crippen LogP contribution >= 0.6 is 11.8 Å². The molecule has 0 aliphatic carbocycles. The second-order valence-electron chi connectivity index (χ2n) is 9.64. The lowest BCUT2D eigenvalue weighted by Gasteiger charge is -2.37. The minimum atomic E-state index is -1.03. The van der Waals surface area contributed by atoms with Crippen LogP contribution < -0.4 is 4.90 Å². The number of anilines is 1. The smallest absolute Gasteiger partial charge is 0.349 e. The number of para-hydroxylation sites is 1. The van der Waals surface area contributed by atoms with Crippen molar-refractivity contribution in [3.63, 3.8) is 0 Å². The lowest BCUT2D eigenvalue weighted by atomic mass is 9.83. The van der Waals surface area contributed by atoms with Crippen molar-refractivity contribution in [1.29, 1.82) is 0 Å². The second kappa shape index (κ2) is 11.7. The largest absolute Gasteiger partial charge is 0.511 e. The topological polar surface area (TPSA) is 66.8 Å². The molecule has 1 aliphatic rings. The molecule has 1 aliphatic heterocycles. The molecule has 6 heteroatoms. The number of hydrogen-bond acceptors (Lipinski definition) is 5. The molecule has 0 fully saturated rings. The van der Waals surface area contributed by atoms with Crippen LogP contribution in [-0.4, -0.2) is 24.0 Å². The molecule has 5 nitrogen and oxygen atoms in total. The molecular weight excluding hydrogens is 482 g/mol. The van der Waals surface area contributed by atoms with Gasteiger partial charge in [0, 0.05) is 24.1 Å². The van der Waals surface area contributed by atoms with Crippen molar-refractivity contribution in [2.45, 2.75) is 55.9 Å². The Bertz CT molecular complexity index is 1270. The molecule has 1 N–H and O–H groups in total. The maximum Gasteiger partial charge on any atom is 0.349 e. The summed E-state index contributed by atoms with van der Waals surface area (Å²) in [7, 11) is 1.76. The normalized spacial score (nSPS) is 17.6. The van der Waals surface area contributed by atoms with Crippen molar-refractivity contribution < 1.29 is 19.4 Å². The third-order valence-electron chi connectivity index (χ3n) is 6.73. The van der Waals surface area contributed by atoms with E-state index in [0.29, 0.717) is 19.3 Å². The Kier molecular flexibility index (Phi) is 8.39. The third kappa shape index (κ3) is 6.08. The van der Waals surface area contributed by atoms with E-state index in [4.69, 9.17) is 4.74 Å².